The van der Waals surface area contributed by atoms with Gasteiger partial charge >= 0.3 is 0 Å². The molecule has 2 aromatic carbocycles. The topological polar surface area (TPSA) is 71.5 Å². The summed E-state index contributed by atoms with van der Waals surface area (Å²) in [6, 6.07) is 21.1. The van der Waals surface area contributed by atoms with Crippen LogP contribution in [0.25, 0.3) is 0 Å². The molecule has 1 aromatic heterocycles. The number of nitrogens with one attached hydrogen (secondary N) is 1. The highest BCUT2D eigenvalue weighted by molar-refractivity contribution is 5.80. The molecule has 6 nitrogen and oxygen atoms in total. The summed E-state index contributed by atoms with van der Waals surface area (Å²) in [6.07, 6.45) is 2.79. The van der Waals surface area contributed by atoms with E-state index in [1.807, 2.05) is 67.6 Å². The standard InChI is InChI=1S/C27H29N3O3/c1-19(22-9-7-11-24(16-22)33-18-23-10-5-6-14-28-23)29-27(32)17-26-25-12-4-3-8-21(25)13-15-30(26)20(2)31/h3-12,14,16,19,26H,13,15,17-18H2,1-2H3,(H,29,32). The third kappa shape index (κ3) is 5.58. The van der Waals surface area contributed by atoms with Crippen molar-refractivity contribution >= 4 is 11.8 Å². The van der Waals surface area contributed by atoms with Crippen LogP contribution in [-0.4, -0.2) is 28.2 Å². The molecule has 6 heteroatoms. The first-order valence-corrected chi connectivity index (χ1v) is 11.3. The number of nitrogens with zero attached hydrogens (tertiary/aromatic N) is 2. The van der Waals surface area contributed by atoms with E-state index in [4.69, 9.17) is 4.74 Å². The molecule has 1 aliphatic rings. The molecule has 0 fully saturated rings. The fourth-order valence-electron chi connectivity index (χ4n) is 4.32. The molecule has 0 saturated carbocycles. The monoisotopic (exact) mass is 443 g/mol. The van der Waals surface area contributed by atoms with E-state index in [9.17, 15) is 9.59 Å². The van der Waals surface area contributed by atoms with Crippen LogP contribution in [0.2, 0.25) is 0 Å². The van der Waals surface area contributed by atoms with Crippen molar-refractivity contribution in [2.45, 2.75) is 45.4 Å². The molecule has 1 N–H and O–H groups in total. The maximum Gasteiger partial charge on any atom is 0.222 e. The van der Waals surface area contributed by atoms with E-state index in [-0.39, 0.29) is 30.3 Å². The lowest BCUT2D eigenvalue weighted by atomic mass is 9.90. The highest BCUT2D eigenvalue weighted by Crippen LogP contribution is 2.32. The number of pyridine rings is 1. The number of benzene rings is 2. The largest absolute Gasteiger partial charge is 0.487 e. The number of carbonyl (C=O) groups is 2. The lowest BCUT2D eigenvalue weighted by molar-refractivity contribution is -0.133. The third-order valence-corrected chi connectivity index (χ3v) is 6.04. The predicted molar refractivity (Wildman–Crippen MR) is 126 cm³/mol. The first kappa shape index (κ1) is 22.5. The molecule has 2 unspecified atom stereocenters. The van der Waals surface area contributed by atoms with Crippen molar-refractivity contribution in [2.75, 3.05) is 6.54 Å². The highest BCUT2D eigenvalue weighted by atomic mass is 16.5. The molecule has 33 heavy (non-hydrogen) atoms. The molecule has 1 aliphatic heterocycles. The van der Waals surface area contributed by atoms with Gasteiger partial charge in [0.15, 0.2) is 0 Å². The van der Waals surface area contributed by atoms with Crippen LogP contribution in [0.1, 0.15) is 54.7 Å². The van der Waals surface area contributed by atoms with E-state index < -0.39 is 0 Å². The number of fused-ring (bicyclic) bond motifs is 1. The number of hydrogen-bond donors (Lipinski definition) is 1. The predicted octanol–water partition coefficient (Wildman–Crippen LogP) is 4.37. The van der Waals surface area contributed by atoms with Crippen molar-refractivity contribution in [1.82, 2.24) is 15.2 Å². The number of aromatic nitrogens is 1. The van der Waals surface area contributed by atoms with Crippen molar-refractivity contribution in [1.29, 1.82) is 0 Å². The van der Waals surface area contributed by atoms with Crippen LogP contribution in [-0.2, 0) is 22.6 Å². The quantitative estimate of drug-likeness (QED) is 0.589. The minimum Gasteiger partial charge on any atom is -0.487 e. The van der Waals surface area contributed by atoms with Crippen molar-refractivity contribution in [3.63, 3.8) is 0 Å². The molecular weight excluding hydrogens is 414 g/mol. The molecule has 170 valence electrons. The Balaban J connectivity index is 1.41. The van der Waals surface area contributed by atoms with Gasteiger partial charge in [-0.3, -0.25) is 14.6 Å². The third-order valence-electron chi connectivity index (χ3n) is 6.04. The summed E-state index contributed by atoms with van der Waals surface area (Å²) in [5.41, 5.74) is 4.08. The van der Waals surface area contributed by atoms with E-state index in [0.29, 0.717) is 13.2 Å². The van der Waals surface area contributed by atoms with E-state index in [2.05, 4.69) is 16.4 Å². The Morgan fingerprint density at radius 2 is 1.94 bits per heavy atom. The lowest BCUT2D eigenvalue weighted by Gasteiger charge is -2.36. The number of rotatable bonds is 7. The Morgan fingerprint density at radius 3 is 2.73 bits per heavy atom. The zero-order chi connectivity index (χ0) is 23.2. The van der Waals surface area contributed by atoms with E-state index in [1.165, 1.54) is 5.56 Å². The molecule has 2 atom stereocenters. The Labute approximate surface area is 194 Å². The highest BCUT2D eigenvalue weighted by Gasteiger charge is 2.30. The van der Waals surface area contributed by atoms with Gasteiger partial charge in [0.2, 0.25) is 11.8 Å². The number of carbonyl (C=O) groups excluding carboxylic acids is 2. The fraction of sp³-hybridized carbons (Fsp3) is 0.296. The lowest BCUT2D eigenvalue weighted by Crippen LogP contribution is -2.41. The Hall–Kier alpha value is -3.67. The second kappa shape index (κ2) is 10.3. The summed E-state index contributed by atoms with van der Waals surface area (Å²) in [4.78, 5) is 31.3. The van der Waals surface area contributed by atoms with Gasteiger partial charge in [-0.05, 0) is 54.3 Å². The summed E-state index contributed by atoms with van der Waals surface area (Å²) in [6.45, 7) is 4.54. The molecule has 3 aromatic rings. The minimum atomic E-state index is -0.243. The summed E-state index contributed by atoms with van der Waals surface area (Å²) < 4.78 is 5.87. The fourth-order valence-corrected chi connectivity index (χ4v) is 4.32. The Bertz CT molecular complexity index is 1120. The van der Waals surface area contributed by atoms with E-state index in [1.54, 1.807) is 18.0 Å². The molecule has 2 heterocycles. The van der Waals surface area contributed by atoms with Crippen LogP contribution >= 0.6 is 0 Å². The summed E-state index contributed by atoms with van der Waals surface area (Å²) in [7, 11) is 0. The Kier molecular flexibility index (Phi) is 7.03. The first-order valence-electron chi connectivity index (χ1n) is 11.3. The maximum absolute atomic E-state index is 13.0. The van der Waals surface area contributed by atoms with Crippen LogP contribution < -0.4 is 10.1 Å². The summed E-state index contributed by atoms with van der Waals surface area (Å²) in [5.74, 6) is 0.631. The first-order chi connectivity index (χ1) is 16.0. The van der Waals surface area contributed by atoms with Crippen molar-refractivity contribution < 1.29 is 14.3 Å². The van der Waals surface area contributed by atoms with Gasteiger partial charge in [0.1, 0.15) is 12.4 Å². The van der Waals surface area contributed by atoms with Crippen molar-refractivity contribution in [2.24, 2.45) is 0 Å². The second-order valence-electron chi connectivity index (χ2n) is 8.35. The average molecular weight is 444 g/mol. The molecule has 0 radical (unpaired) electrons. The van der Waals surface area contributed by atoms with Gasteiger partial charge in [0, 0.05) is 19.7 Å². The molecule has 0 aliphatic carbocycles. The van der Waals surface area contributed by atoms with Gasteiger partial charge < -0.3 is 15.0 Å². The zero-order valence-corrected chi connectivity index (χ0v) is 19.0. The van der Waals surface area contributed by atoms with Crippen LogP contribution in [0.5, 0.6) is 5.75 Å². The molecule has 0 saturated heterocycles. The molecule has 4 rings (SSSR count). The molecular formula is C27H29N3O3. The van der Waals surface area contributed by atoms with Crippen molar-refractivity contribution in [3.05, 3.63) is 95.3 Å². The summed E-state index contributed by atoms with van der Waals surface area (Å²) in [5, 5.41) is 3.09. The van der Waals surface area contributed by atoms with Gasteiger partial charge in [-0.15, -0.1) is 0 Å². The molecule has 0 bridgehead atoms. The van der Waals surface area contributed by atoms with Gasteiger partial charge in [0.05, 0.1) is 24.2 Å². The summed E-state index contributed by atoms with van der Waals surface area (Å²) >= 11 is 0. The number of ether oxygens (including phenoxy) is 1. The zero-order valence-electron chi connectivity index (χ0n) is 19.0. The van der Waals surface area contributed by atoms with E-state index >= 15 is 0 Å². The smallest absolute Gasteiger partial charge is 0.222 e. The van der Waals surface area contributed by atoms with Crippen LogP contribution in [0.4, 0.5) is 0 Å². The second-order valence-corrected chi connectivity index (χ2v) is 8.35. The minimum absolute atomic E-state index is 0.00638. The van der Waals surface area contributed by atoms with Crippen LogP contribution in [0.3, 0.4) is 0 Å². The van der Waals surface area contributed by atoms with Gasteiger partial charge in [-0.25, -0.2) is 0 Å². The molecule has 2 amide bonds. The SMILES string of the molecule is CC(=O)N1CCc2ccccc2C1CC(=O)NC(C)c1cccc(OCc2ccccn2)c1. The normalized spacial score (nSPS) is 15.9. The van der Waals surface area contributed by atoms with Gasteiger partial charge in [-0.1, -0.05) is 42.5 Å². The van der Waals surface area contributed by atoms with Crippen LogP contribution in [0, 0.1) is 0 Å². The molecule has 0 spiro atoms. The van der Waals surface area contributed by atoms with Gasteiger partial charge in [0.25, 0.3) is 0 Å². The maximum atomic E-state index is 13.0. The average Bonchev–Trinajstić information content (AvgIpc) is 2.83. The van der Waals surface area contributed by atoms with E-state index in [0.717, 1.165) is 29.0 Å². The van der Waals surface area contributed by atoms with Crippen molar-refractivity contribution in [3.8, 4) is 5.75 Å². The number of amides is 2. The van der Waals surface area contributed by atoms with Gasteiger partial charge in [-0.2, -0.15) is 0 Å². The Morgan fingerprint density at radius 1 is 1.12 bits per heavy atom. The number of hydrogen-bond acceptors (Lipinski definition) is 4. The van der Waals surface area contributed by atoms with Crippen LogP contribution in [0.15, 0.2) is 72.9 Å².